The summed E-state index contributed by atoms with van der Waals surface area (Å²) in [4.78, 5) is 24.1. The second kappa shape index (κ2) is 10.8. The third kappa shape index (κ3) is 5.96. The molecular formula is C26H31F2N5O2. The summed E-state index contributed by atoms with van der Waals surface area (Å²) in [5, 5.41) is 7.52. The SMILES string of the molecule is CCC(Oc1ccc(F)c(F)c1)C(=O)NC1CCC(Nc2nc(N(C)C)c3ccccc3n2)CC1. The summed E-state index contributed by atoms with van der Waals surface area (Å²) in [6.45, 7) is 1.82. The lowest BCUT2D eigenvalue weighted by molar-refractivity contribution is -0.129. The number of amides is 1. The maximum absolute atomic E-state index is 13.5. The molecular weight excluding hydrogens is 452 g/mol. The van der Waals surface area contributed by atoms with Crippen molar-refractivity contribution < 1.29 is 18.3 Å². The van der Waals surface area contributed by atoms with E-state index >= 15 is 0 Å². The van der Waals surface area contributed by atoms with E-state index in [1.807, 2.05) is 50.2 Å². The molecule has 0 radical (unpaired) electrons. The van der Waals surface area contributed by atoms with Crippen LogP contribution in [0.2, 0.25) is 0 Å². The largest absolute Gasteiger partial charge is 0.481 e. The number of rotatable bonds is 8. The molecule has 0 saturated heterocycles. The van der Waals surface area contributed by atoms with Crippen LogP contribution in [-0.4, -0.2) is 48.2 Å². The summed E-state index contributed by atoms with van der Waals surface area (Å²) >= 11 is 0. The second-order valence-corrected chi connectivity index (χ2v) is 9.07. The Bertz CT molecular complexity index is 1180. The summed E-state index contributed by atoms with van der Waals surface area (Å²) in [6.07, 6.45) is 2.97. The summed E-state index contributed by atoms with van der Waals surface area (Å²) < 4.78 is 32.2. The molecule has 4 rings (SSSR count). The molecule has 3 aromatic rings. The number of ether oxygens (including phenoxy) is 1. The molecule has 0 aliphatic heterocycles. The van der Waals surface area contributed by atoms with Gasteiger partial charge in [0.15, 0.2) is 17.7 Å². The minimum absolute atomic E-state index is 0.0259. The highest BCUT2D eigenvalue weighted by Crippen LogP contribution is 2.26. The highest BCUT2D eigenvalue weighted by atomic mass is 19.2. The molecule has 1 aromatic heterocycles. The predicted molar refractivity (Wildman–Crippen MR) is 133 cm³/mol. The Kier molecular flexibility index (Phi) is 7.63. The van der Waals surface area contributed by atoms with E-state index in [-0.39, 0.29) is 23.7 Å². The number of para-hydroxylation sites is 1. The van der Waals surface area contributed by atoms with E-state index in [1.165, 1.54) is 6.07 Å². The molecule has 2 N–H and O–H groups in total. The van der Waals surface area contributed by atoms with Crippen LogP contribution in [0.4, 0.5) is 20.5 Å². The van der Waals surface area contributed by atoms with Gasteiger partial charge in [0.05, 0.1) is 5.52 Å². The molecule has 1 fully saturated rings. The van der Waals surface area contributed by atoms with Crippen LogP contribution in [0.15, 0.2) is 42.5 Å². The molecule has 9 heteroatoms. The van der Waals surface area contributed by atoms with Gasteiger partial charge in [0.2, 0.25) is 5.95 Å². The average molecular weight is 484 g/mol. The van der Waals surface area contributed by atoms with Crippen LogP contribution in [-0.2, 0) is 4.79 Å². The Morgan fingerprint density at radius 3 is 2.46 bits per heavy atom. The molecule has 1 aliphatic rings. The minimum atomic E-state index is -1.00. The quantitative estimate of drug-likeness (QED) is 0.485. The molecule has 0 spiro atoms. The smallest absolute Gasteiger partial charge is 0.261 e. The lowest BCUT2D eigenvalue weighted by Crippen LogP contribution is -2.46. The first kappa shape index (κ1) is 24.6. The van der Waals surface area contributed by atoms with Gasteiger partial charge >= 0.3 is 0 Å². The van der Waals surface area contributed by atoms with Crippen LogP contribution >= 0.6 is 0 Å². The van der Waals surface area contributed by atoms with E-state index in [2.05, 4.69) is 15.6 Å². The lowest BCUT2D eigenvalue weighted by atomic mass is 9.91. The Balaban J connectivity index is 1.32. The minimum Gasteiger partial charge on any atom is -0.481 e. The molecule has 1 heterocycles. The van der Waals surface area contributed by atoms with Gasteiger partial charge in [-0.3, -0.25) is 4.79 Å². The number of hydrogen-bond acceptors (Lipinski definition) is 6. The van der Waals surface area contributed by atoms with Gasteiger partial charge in [0.1, 0.15) is 11.6 Å². The standard InChI is InChI=1S/C26H31F2N5O2/c1-4-23(35-18-13-14-20(27)21(28)15-18)25(34)29-16-9-11-17(12-10-16)30-26-31-22-8-6-5-7-19(22)24(32-26)33(2)3/h5-8,13-17,23H,4,9-12H2,1-3H3,(H,29,34)(H,30,31,32). The Morgan fingerprint density at radius 2 is 1.77 bits per heavy atom. The molecule has 1 amide bonds. The lowest BCUT2D eigenvalue weighted by Gasteiger charge is -2.31. The van der Waals surface area contributed by atoms with Crippen LogP contribution in [0.5, 0.6) is 5.75 Å². The van der Waals surface area contributed by atoms with Crippen molar-refractivity contribution in [2.75, 3.05) is 24.3 Å². The number of aromatic nitrogens is 2. The highest BCUT2D eigenvalue weighted by Gasteiger charge is 2.27. The van der Waals surface area contributed by atoms with Gasteiger partial charge < -0.3 is 20.3 Å². The number of carbonyl (C=O) groups is 1. The third-order valence-electron chi connectivity index (χ3n) is 6.25. The second-order valence-electron chi connectivity index (χ2n) is 9.07. The van der Waals surface area contributed by atoms with E-state index in [4.69, 9.17) is 9.72 Å². The van der Waals surface area contributed by atoms with E-state index in [0.29, 0.717) is 12.4 Å². The van der Waals surface area contributed by atoms with Crippen LogP contribution in [0, 0.1) is 11.6 Å². The number of anilines is 2. The normalized spacial score (nSPS) is 18.7. The predicted octanol–water partition coefficient (Wildman–Crippen LogP) is 4.67. The molecule has 0 bridgehead atoms. The van der Waals surface area contributed by atoms with Gasteiger partial charge in [-0.2, -0.15) is 4.98 Å². The van der Waals surface area contributed by atoms with Gasteiger partial charge in [-0.1, -0.05) is 19.1 Å². The van der Waals surface area contributed by atoms with Crippen LogP contribution in [0.1, 0.15) is 39.0 Å². The summed E-state index contributed by atoms with van der Waals surface area (Å²) in [5.41, 5.74) is 0.890. The number of nitrogens with one attached hydrogen (secondary N) is 2. The van der Waals surface area contributed by atoms with E-state index in [1.54, 1.807) is 0 Å². The van der Waals surface area contributed by atoms with Crippen molar-refractivity contribution >= 4 is 28.6 Å². The van der Waals surface area contributed by atoms with Gasteiger partial charge in [0.25, 0.3) is 5.91 Å². The molecule has 1 aliphatic carbocycles. The molecule has 186 valence electrons. The summed E-state index contributed by atoms with van der Waals surface area (Å²) in [7, 11) is 3.93. The molecule has 7 nitrogen and oxygen atoms in total. The molecule has 1 atom stereocenters. The average Bonchev–Trinajstić information content (AvgIpc) is 2.85. The van der Waals surface area contributed by atoms with Crippen molar-refractivity contribution in [2.24, 2.45) is 0 Å². The van der Waals surface area contributed by atoms with Crippen molar-refractivity contribution in [2.45, 2.75) is 57.2 Å². The topological polar surface area (TPSA) is 79.4 Å². The van der Waals surface area contributed by atoms with Gasteiger partial charge in [0, 0.05) is 37.6 Å². The van der Waals surface area contributed by atoms with Gasteiger partial charge in [-0.15, -0.1) is 0 Å². The molecule has 1 unspecified atom stereocenters. The maximum Gasteiger partial charge on any atom is 0.261 e. The Hall–Kier alpha value is -3.49. The monoisotopic (exact) mass is 483 g/mol. The Labute approximate surface area is 203 Å². The zero-order valence-corrected chi connectivity index (χ0v) is 20.2. The summed E-state index contributed by atoms with van der Waals surface area (Å²) in [5.74, 6) is -0.603. The van der Waals surface area contributed by atoms with E-state index in [0.717, 1.165) is 54.5 Å². The fourth-order valence-electron chi connectivity index (χ4n) is 4.36. The van der Waals surface area contributed by atoms with Crippen molar-refractivity contribution in [1.82, 2.24) is 15.3 Å². The highest BCUT2D eigenvalue weighted by molar-refractivity contribution is 5.90. The van der Waals surface area contributed by atoms with Crippen LogP contribution < -0.4 is 20.3 Å². The number of benzene rings is 2. The van der Waals surface area contributed by atoms with Crippen LogP contribution in [0.3, 0.4) is 0 Å². The van der Waals surface area contributed by atoms with E-state index < -0.39 is 17.7 Å². The number of nitrogens with zero attached hydrogens (tertiary/aromatic N) is 3. The third-order valence-corrected chi connectivity index (χ3v) is 6.25. The first-order valence-electron chi connectivity index (χ1n) is 12.0. The first-order chi connectivity index (χ1) is 16.8. The number of carbonyl (C=O) groups excluding carboxylic acids is 1. The molecule has 1 saturated carbocycles. The fraction of sp³-hybridized carbons (Fsp3) is 0.423. The van der Waals surface area contributed by atoms with Crippen molar-refractivity contribution in [1.29, 1.82) is 0 Å². The van der Waals surface area contributed by atoms with Crippen molar-refractivity contribution in [3.8, 4) is 5.75 Å². The van der Waals surface area contributed by atoms with Crippen LogP contribution in [0.25, 0.3) is 10.9 Å². The van der Waals surface area contributed by atoms with Gasteiger partial charge in [-0.05, 0) is 56.4 Å². The zero-order chi connectivity index (χ0) is 24.9. The molecule has 35 heavy (non-hydrogen) atoms. The van der Waals surface area contributed by atoms with Crippen molar-refractivity contribution in [3.05, 3.63) is 54.1 Å². The number of halogens is 2. The van der Waals surface area contributed by atoms with E-state index in [9.17, 15) is 13.6 Å². The maximum atomic E-state index is 13.5. The molecule has 2 aromatic carbocycles. The number of fused-ring (bicyclic) bond motifs is 1. The number of hydrogen-bond donors (Lipinski definition) is 2. The Morgan fingerprint density at radius 1 is 1.06 bits per heavy atom. The van der Waals surface area contributed by atoms with Crippen molar-refractivity contribution in [3.63, 3.8) is 0 Å². The van der Waals surface area contributed by atoms with Gasteiger partial charge in [-0.25, -0.2) is 13.8 Å². The fourth-order valence-corrected chi connectivity index (χ4v) is 4.36. The summed E-state index contributed by atoms with van der Waals surface area (Å²) in [6, 6.07) is 11.4. The first-order valence-corrected chi connectivity index (χ1v) is 12.0. The zero-order valence-electron chi connectivity index (χ0n) is 20.2.